The maximum atomic E-state index is 5.61. The first-order valence-corrected chi connectivity index (χ1v) is 7.86. The van der Waals surface area contributed by atoms with E-state index in [4.69, 9.17) is 5.73 Å². The van der Waals surface area contributed by atoms with Crippen LogP contribution in [-0.2, 0) is 0 Å². The van der Waals surface area contributed by atoms with Crippen molar-refractivity contribution < 1.29 is 0 Å². The molecule has 0 amide bonds. The molecular weight excluding hydrogens is 222 g/mol. The Labute approximate surface area is 113 Å². The third-order valence-corrected chi connectivity index (χ3v) is 3.68. The van der Waals surface area contributed by atoms with E-state index in [0.717, 1.165) is 32.6 Å². The second-order valence-electron chi connectivity index (χ2n) is 5.30. The number of nitrogens with zero attached hydrogens (tertiary/aromatic N) is 2. The maximum Gasteiger partial charge on any atom is 0.0990 e. The van der Waals surface area contributed by atoms with Crippen molar-refractivity contribution in [3.63, 3.8) is 0 Å². The van der Waals surface area contributed by atoms with Crippen LogP contribution in [0.25, 0.3) is 0 Å². The summed E-state index contributed by atoms with van der Waals surface area (Å²) in [5.41, 5.74) is 5.61. The van der Waals surface area contributed by atoms with Crippen LogP contribution in [0.15, 0.2) is 4.99 Å². The number of rotatable bonds is 11. The molecule has 0 saturated heterocycles. The first kappa shape index (κ1) is 15.5. The Morgan fingerprint density at radius 2 is 1.72 bits per heavy atom. The molecule has 0 atom stereocenters. The van der Waals surface area contributed by atoms with E-state index >= 15 is 0 Å². The summed E-state index contributed by atoms with van der Waals surface area (Å²) in [6, 6.07) is 0. The lowest BCUT2D eigenvalue weighted by atomic mass is 10.1. The Balaban J connectivity index is 1.94. The summed E-state index contributed by atoms with van der Waals surface area (Å²) in [5, 5.41) is 0. The number of amidine groups is 1. The molecule has 0 bridgehead atoms. The number of hydrogen-bond acceptors (Lipinski definition) is 3. The fourth-order valence-corrected chi connectivity index (χ4v) is 2.58. The van der Waals surface area contributed by atoms with Crippen LogP contribution in [0.2, 0.25) is 0 Å². The minimum atomic E-state index is 0.746. The predicted molar refractivity (Wildman–Crippen MR) is 80.2 cm³/mol. The van der Waals surface area contributed by atoms with Gasteiger partial charge in [0.05, 0.1) is 12.4 Å². The van der Waals surface area contributed by atoms with E-state index in [-0.39, 0.29) is 0 Å². The van der Waals surface area contributed by atoms with Gasteiger partial charge in [-0.2, -0.15) is 0 Å². The monoisotopic (exact) mass is 253 g/mol. The van der Waals surface area contributed by atoms with E-state index in [1.807, 2.05) is 0 Å². The number of nitrogens with two attached hydrogens (primary N) is 1. The van der Waals surface area contributed by atoms with Crippen LogP contribution in [-0.4, -0.2) is 36.9 Å². The molecule has 3 nitrogen and oxygen atoms in total. The van der Waals surface area contributed by atoms with Crippen LogP contribution in [0.4, 0.5) is 0 Å². The number of unbranched alkanes of at least 4 members (excludes halogenated alkanes) is 7. The van der Waals surface area contributed by atoms with Gasteiger partial charge >= 0.3 is 0 Å². The lowest BCUT2D eigenvalue weighted by Crippen LogP contribution is -2.32. The molecule has 0 saturated carbocycles. The van der Waals surface area contributed by atoms with E-state index < -0.39 is 0 Å². The van der Waals surface area contributed by atoms with Gasteiger partial charge in [-0.3, -0.25) is 4.99 Å². The van der Waals surface area contributed by atoms with Crippen LogP contribution in [0, 0.1) is 0 Å². The van der Waals surface area contributed by atoms with Crippen LogP contribution in [0.3, 0.4) is 0 Å². The van der Waals surface area contributed by atoms with Crippen molar-refractivity contribution in [1.29, 1.82) is 0 Å². The Hall–Kier alpha value is -0.570. The molecule has 1 aliphatic heterocycles. The molecule has 0 fully saturated rings. The van der Waals surface area contributed by atoms with E-state index in [1.165, 1.54) is 57.2 Å². The topological polar surface area (TPSA) is 41.6 Å². The molecule has 18 heavy (non-hydrogen) atoms. The largest absolute Gasteiger partial charge is 0.357 e. The number of hydrogen-bond donors (Lipinski definition) is 1. The van der Waals surface area contributed by atoms with Gasteiger partial charge in [-0.1, -0.05) is 51.9 Å². The van der Waals surface area contributed by atoms with Gasteiger partial charge in [0.25, 0.3) is 0 Å². The smallest absolute Gasteiger partial charge is 0.0990 e. The van der Waals surface area contributed by atoms with Crippen molar-refractivity contribution in [2.75, 3.05) is 26.2 Å². The van der Waals surface area contributed by atoms with E-state index in [2.05, 4.69) is 16.8 Å². The molecule has 0 aromatic heterocycles. The molecule has 0 unspecified atom stereocenters. The van der Waals surface area contributed by atoms with Gasteiger partial charge in [-0.15, -0.1) is 0 Å². The molecule has 0 radical (unpaired) electrons. The average Bonchev–Trinajstić information content (AvgIpc) is 2.81. The van der Waals surface area contributed by atoms with Crippen LogP contribution < -0.4 is 5.73 Å². The highest BCUT2D eigenvalue weighted by Crippen LogP contribution is 2.12. The first-order chi connectivity index (χ1) is 8.88. The van der Waals surface area contributed by atoms with E-state index in [1.54, 1.807) is 0 Å². The summed E-state index contributed by atoms with van der Waals surface area (Å²) in [6.07, 6.45) is 12.2. The highest BCUT2D eigenvalue weighted by molar-refractivity contribution is 5.83. The van der Waals surface area contributed by atoms with Crippen molar-refractivity contribution in [2.45, 2.75) is 64.7 Å². The molecular formula is C15H31N3. The van der Waals surface area contributed by atoms with Gasteiger partial charge in [0.15, 0.2) is 0 Å². The van der Waals surface area contributed by atoms with Crippen molar-refractivity contribution in [2.24, 2.45) is 10.7 Å². The fourth-order valence-electron chi connectivity index (χ4n) is 2.58. The normalized spacial score (nSPS) is 15.2. The van der Waals surface area contributed by atoms with Gasteiger partial charge < -0.3 is 10.6 Å². The number of aliphatic imine (C=N–C) groups is 1. The van der Waals surface area contributed by atoms with Gasteiger partial charge in [0, 0.05) is 26.1 Å². The summed E-state index contributed by atoms with van der Waals surface area (Å²) in [4.78, 5) is 6.94. The quantitative estimate of drug-likeness (QED) is 0.575. The maximum absolute atomic E-state index is 5.61. The summed E-state index contributed by atoms with van der Waals surface area (Å²) >= 11 is 0. The third-order valence-electron chi connectivity index (χ3n) is 3.68. The highest BCUT2D eigenvalue weighted by Gasteiger charge is 2.14. The molecule has 106 valence electrons. The molecule has 0 aliphatic carbocycles. The lowest BCUT2D eigenvalue weighted by Gasteiger charge is -2.19. The van der Waals surface area contributed by atoms with Gasteiger partial charge in [0.1, 0.15) is 0 Å². The Morgan fingerprint density at radius 3 is 2.39 bits per heavy atom. The molecule has 1 rings (SSSR count). The van der Waals surface area contributed by atoms with Crippen molar-refractivity contribution in [3.8, 4) is 0 Å². The summed E-state index contributed by atoms with van der Waals surface area (Å²) in [6.45, 7) is 6.07. The molecule has 1 heterocycles. The first-order valence-electron chi connectivity index (χ1n) is 7.86. The standard InChI is InChI=1S/C15H31N3/c1-2-3-4-5-6-7-8-9-10-15-17-12-14-18(15)13-11-16/h2-14,16H2,1H3. The van der Waals surface area contributed by atoms with Crippen molar-refractivity contribution >= 4 is 5.84 Å². The SMILES string of the molecule is CCCCCCCCCCC1=NCCN1CCN. The van der Waals surface area contributed by atoms with Gasteiger partial charge in [0.2, 0.25) is 0 Å². The zero-order valence-electron chi connectivity index (χ0n) is 12.2. The third kappa shape index (κ3) is 6.39. The molecule has 2 N–H and O–H groups in total. The zero-order chi connectivity index (χ0) is 13.1. The van der Waals surface area contributed by atoms with Gasteiger partial charge in [-0.25, -0.2) is 0 Å². The molecule has 1 aliphatic rings. The van der Waals surface area contributed by atoms with Crippen LogP contribution >= 0.6 is 0 Å². The molecule has 0 aromatic carbocycles. The highest BCUT2D eigenvalue weighted by atomic mass is 15.2. The second-order valence-corrected chi connectivity index (χ2v) is 5.30. The van der Waals surface area contributed by atoms with Crippen molar-refractivity contribution in [1.82, 2.24) is 4.90 Å². The summed E-state index contributed by atoms with van der Waals surface area (Å²) in [7, 11) is 0. The zero-order valence-corrected chi connectivity index (χ0v) is 12.2. The molecule has 0 aromatic rings. The average molecular weight is 253 g/mol. The van der Waals surface area contributed by atoms with E-state index in [0.29, 0.717) is 0 Å². The van der Waals surface area contributed by atoms with Crippen LogP contribution in [0.1, 0.15) is 64.7 Å². The molecule has 3 heteroatoms. The van der Waals surface area contributed by atoms with Crippen LogP contribution in [0.5, 0.6) is 0 Å². The summed E-state index contributed by atoms with van der Waals surface area (Å²) in [5.74, 6) is 1.31. The molecule has 0 spiro atoms. The Bertz CT molecular complexity index is 226. The van der Waals surface area contributed by atoms with E-state index in [9.17, 15) is 0 Å². The van der Waals surface area contributed by atoms with Gasteiger partial charge in [-0.05, 0) is 6.42 Å². The lowest BCUT2D eigenvalue weighted by molar-refractivity contribution is 0.456. The van der Waals surface area contributed by atoms with Crippen molar-refractivity contribution in [3.05, 3.63) is 0 Å². The second kappa shape index (κ2) is 10.4. The fraction of sp³-hybridized carbons (Fsp3) is 0.933. The summed E-state index contributed by atoms with van der Waals surface area (Å²) < 4.78 is 0. The Kier molecular flexibility index (Phi) is 8.92. The minimum Gasteiger partial charge on any atom is -0.357 e. The predicted octanol–water partition coefficient (Wildman–Crippen LogP) is 3.19. The minimum absolute atomic E-state index is 0.746. The Morgan fingerprint density at radius 1 is 1.06 bits per heavy atom.